The zero-order chi connectivity index (χ0) is 9.26. The molecule has 3 nitrogen and oxygen atoms in total. The molecule has 68 valence electrons. The Bertz CT molecular complexity index is 386. The average Bonchev–Trinajstić information content (AvgIpc) is 2.64. The average molecular weight is 197 g/mol. The van der Waals surface area contributed by atoms with Crippen molar-refractivity contribution in [2.24, 2.45) is 0 Å². The summed E-state index contributed by atoms with van der Waals surface area (Å²) in [7, 11) is 1.64. The summed E-state index contributed by atoms with van der Waals surface area (Å²) in [4.78, 5) is 0. The van der Waals surface area contributed by atoms with Crippen molar-refractivity contribution in [3.63, 3.8) is 0 Å². The van der Waals surface area contributed by atoms with Crippen LogP contribution in [-0.2, 0) is 5.88 Å². The van der Waals surface area contributed by atoms with E-state index in [0.717, 1.165) is 22.2 Å². The molecule has 0 aliphatic rings. The minimum Gasteiger partial charge on any atom is -0.496 e. The fourth-order valence-electron chi connectivity index (χ4n) is 1.36. The maximum absolute atomic E-state index is 5.77. The van der Waals surface area contributed by atoms with E-state index < -0.39 is 0 Å². The number of hydrogen-bond donors (Lipinski definition) is 1. The standard InChI is InChI=1S/C9H9ClN2O/c1-13-8-3-2-6(4-10)9-7(8)5-11-12-9/h2-3,5H,4H2,1H3,(H,11,12). The van der Waals surface area contributed by atoms with Gasteiger partial charge in [-0.25, -0.2) is 0 Å². The number of hydrogen-bond acceptors (Lipinski definition) is 2. The predicted molar refractivity (Wildman–Crippen MR) is 52.2 cm³/mol. The van der Waals surface area contributed by atoms with Gasteiger partial charge in [0, 0.05) is 5.88 Å². The summed E-state index contributed by atoms with van der Waals surface area (Å²) in [6, 6.07) is 3.84. The Morgan fingerprint density at radius 2 is 2.38 bits per heavy atom. The molecule has 1 aromatic carbocycles. The molecule has 0 saturated carbocycles. The maximum Gasteiger partial charge on any atom is 0.129 e. The third-order valence-electron chi connectivity index (χ3n) is 2.03. The topological polar surface area (TPSA) is 37.9 Å². The van der Waals surface area contributed by atoms with Gasteiger partial charge >= 0.3 is 0 Å². The molecule has 0 fully saturated rings. The number of aromatic nitrogens is 2. The molecule has 1 aromatic heterocycles. The van der Waals surface area contributed by atoms with Gasteiger partial charge in [-0.1, -0.05) is 6.07 Å². The highest BCUT2D eigenvalue weighted by atomic mass is 35.5. The Morgan fingerprint density at radius 1 is 1.54 bits per heavy atom. The van der Waals surface area contributed by atoms with Crippen LogP contribution < -0.4 is 4.74 Å². The fraction of sp³-hybridized carbons (Fsp3) is 0.222. The van der Waals surface area contributed by atoms with Crippen LogP contribution in [0.4, 0.5) is 0 Å². The first-order valence-corrected chi connectivity index (χ1v) is 4.45. The molecule has 2 aromatic rings. The van der Waals surface area contributed by atoms with Gasteiger partial charge in [0.05, 0.1) is 24.2 Å². The zero-order valence-corrected chi connectivity index (χ0v) is 7.93. The van der Waals surface area contributed by atoms with Gasteiger partial charge in [0.1, 0.15) is 5.75 Å². The number of nitrogens with zero attached hydrogens (tertiary/aromatic N) is 1. The number of H-pyrrole nitrogens is 1. The van der Waals surface area contributed by atoms with Crippen LogP contribution in [0.15, 0.2) is 18.3 Å². The minimum atomic E-state index is 0.475. The van der Waals surface area contributed by atoms with Crippen LogP contribution in [0.2, 0.25) is 0 Å². The lowest BCUT2D eigenvalue weighted by Gasteiger charge is -2.03. The summed E-state index contributed by atoms with van der Waals surface area (Å²) in [5, 5.41) is 7.83. The van der Waals surface area contributed by atoms with Gasteiger partial charge in [0.25, 0.3) is 0 Å². The van der Waals surface area contributed by atoms with E-state index in [0.29, 0.717) is 5.88 Å². The number of methoxy groups -OCH3 is 1. The van der Waals surface area contributed by atoms with Crippen molar-refractivity contribution in [1.82, 2.24) is 10.2 Å². The van der Waals surface area contributed by atoms with E-state index in [9.17, 15) is 0 Å². The van der Waals surface area contributed by atoms with Crippen LogP contribution in [-0.4, -0.2) is 17.3 Å². The van der Waals surface area contributed by atoms with Crippen LogP contribution in [0, 0.1) is 0 Å². The second-order valence-electron chi connectivity index (χ2n) is 2.72. The van der Waals surface area contributed by atoms with Gasteiger partial charge in [-0.3, -0.25) is 5.10 Å². The lowest BCUT2D eigenvalue weighted by atomic mass is 10.1. The van der Waals surface area contributed by atoms with Crippen LogP contribution in [0.5, 0.6) is 5.75 Å². The Morgan fingerprint density at radius 3 is 3.08 bits per heavy atom. The van der Waals surface area contributed by atoms with Gasteiger partial charge < -0.3 is 4.74 Å². The minimum absolute atomic E-state index is 0.475. The number of alkyl halides is 1. The van der Waals surface area contributed by atoms with Crippen molar-refractivity contribution in [2.75, 3.05) is 7.11 Å². The summed E-state index contributed by atoms with van der Waals surface area (Å²) in [5.41, 5.74) is 1.99. The summed E-state index contributed by atoms with van der Waals surface area (Å²) in [6.07, 6.45) is 1.74. The van der Waals surface area contributed by atoms with Crippen molar-refractivity contribution >= 4 is 22.5 Å². The molecule has 1 heterocycles. The van der Waals surface area contributed by atoms with E-state index in [-0.39, 0.29) is 0 Å². The van der Waals surface area contributed by atoms with E-state index in [1.807, 2.05) is 12.1 Å². The maximum atomic E-state index is 5.77. The molecular weight excluding hydrogens is 188 g/mol. The number of halogens is 1. The second-order valence-corrected chi connectivity index (χ2v) is 2.99. The highest BCUT2D eigenvalue weighted by Crippen LogP contribution is 2.27. The summed E-state index contributed by atoms with van der Waals surface area (Å²) in [5.74, 6) is 1.29. The van der Waals surface area contributed by atoms with Crippen molar-refractivity contribution in [2.45, 2.75) is 5.88 Å². The third kappa shape index (κ3) is 1.25. The van der Waals surface area contributed by atoms with E-state index >= 15 is 0 Å². The van der Waals surface area contributed by atoms with Crippen molar-refractivity contribution < 1.29 is 4.74 Å². The molecule has 0 aliphatic heterocycles. The molecule has 13 heavy (non-hydrogen) atoms. The molecule has 4 heteroatoms. The monoisotopic (exact) mass is 196 g/mol. The van der Waals surface area contributed by atoms with Crippen molar-refractivity contribution in [1.29, 1.82) is 0 Å². The highest BCUT2D eigenvalue weighted by molar-refractivity contribution is 6.18. The van der Waals surface area contributed by atoms with Crippen LogP contribution in [0.3, 0.4) is 0 Å². The molecule has 0 radical (unpaired) electrons. The van der Waals surface area contributed by atoms with Gasteiger partial charge in [0.15, 0.2) is 0 Å². The number of fused-ring (bicyclic) bond motifs is 1. The van der Waals surface area contributed by atoms with Crippen LogP contribution >= 0.6 is 11.6 Å². The third-order valence-corrected chi connectivity index (χ3v) is 2.31. The van der Waals surface area contributed by atoms with Crippen molar-refractivity contribution in [3.8, 4) is 5.75 Å². The molecular formula is C9H9ClN2O. The van der Waals surface area contributed by atoms with Gasteiger partial charge in [0.2, 0.25) is 0 Å². The highest BCUT2D eigenvalue weighted by Gasteiger charge is 2.06. The Kier molecular flexibility index (Phi) is 2.10. The second kappa shape index (κ2) is 3.26. The van der Waals surface area contributed by atoms with Gasteiger partial charge in [-0.15, -0.1) is 11.6 Å². The number of aromatic amines is 1. The van der Waals surface area contributed by atoms with Crippen molar-refractivity contribution in [3.05, 3.63) is 23.9 Å². The summed E-state index contributed by atoms with van der Waals surface area (Å²) < 4.78 is 5.18. The number of nitrogens with one attached hydrogen (secondary N) is 1. The largest absolute Gasteiger partial charge is 0.496 e. The lowest BCUT2D eigenvalue weighted by molar-refractivity contribution is 0.420. The van der Waals surface area contributed by atoms with Gasteiger partial charge in [-0.05, 0) is 11.6 Å². The molecule has 0 amide bonds. The van der Waals surface area contributed by atoms with E-state index in [1.165, 1.54) is 0 Å². The molecule has 0 bridgehead atoms. The smallest absolute Gasteiger partial charge is 0.129 e. The summed E-state index contributed by atoms with van der Waals surface area (Å²) in [6.45, 7) is 0. The molecule has 0 aliphatic carbocycles. The first kappa shape index (κ1) is 8.38. The number of ether oxygens (including phenoxy) is 1. The lowest BCUT2D eigenvalue weighted by Crippen LogP contribution is -1.86. The normalized spacial score (nSPS) is 10.6. The number of rotatable bonds is 2. The Labute approximate surface area is 80.7 Å². The van der Waals surface area contributed by atoms with Crippen LogP contribution in [0.25, 0.3) is 10.9 Å². The van der Waals surface area contributed by atoms with E-state index in [1.54, 1.807) is 13.3 Å². The Hall–Kier alpha value is -1.22. The quantitative estimate of drug-likeness (QED) is 0.749. The fourth-order valence-corrected chi connectivity index (χ4v) is 1.58. The number of benzene rings is 1. The molecule has 0 spiro atoms. The summed E-state index contributed by atoms with van der Waals surface area (Å²) >= 11 is 5.77. The van der Waals surface area contributed by atoms with E-state index in [2.05, 4.69) is 10.2 Å². The molecule has 0 atom stereocenters. The Balaban J connectivity index is 2.74. The van der Waals surface area contributed by atoms with Gasteiger partial charge in [-0.2, -0.15) is 5.10 Å². The van der Waals surface area contributed by atoms with Crippen LogP contribution in [0.1, 0.15) is 5.56 Å². The molecule has 0 unspecified atom stereocenters. The molecule has 2 rings (SSSR count). The predicted octanol–water partition coefficient (Wildman–Crippen LogP) is 2.31. The first-order valence-electron chi connectivity index (χ1n) is 3.91. The molecule has 0 saturated heterocycles. The van der Waals surface area contributed by atoms with E-state index in [4.69, 9.17) is 16.3 Å². The first-order chi connectivity index (χ1) is 6.36. The zero-order valence-electron chi connectivity index (χ0n) is 7.17. The molecule has 1 N–H and O–H groups in total. The SMILES string of the molecule is COc1ccc(CCl)c2[nH]ncc12.